The van der Waals surface area contributed by atoms with Crippen molar-refractivity contribution in [1.29, 1.82) is 0 Å². The van der Waals surface area contributed by atoms with E-state index in [1.165, 1.54) is 0 Å². The second kappa shape index (κ2) is 5.97. The van der Waals surface area contributed by atoms with Crippen LogP contribution in [0, 0.1) is 6.92 Å². The zero-order chi connectivity index (χ0) is 14.5. The van der Waals surface area contributed by atoms with Crippen LogP contribution in [-0.4, -0.2) is 10.2 Å². The predicted molar refractivity (Wildman–Crippen MR) is 84.6 cm³/mol. The van der Waals surface area contributed by atoms with E-state index in [1.54, 1.807) is 12.1 Å². The lowest BCUT2D eigenvalue weighted by atomic mass is 10.1. The summed E-state index contributed by atoms with van der Waals surface area (Å²) in [6, 6.07) is 3.70. The Morgan fingerprint density at radius 2 is 2.20 bits per heavy atom. The van der Waals surface area contributed by atoms with Gasteiger partial charge in [0.05, 0.1) is 5.69 Å². The third-order valence-corrected chi connectivity index (χ3v) is 3.15. The number of anilines is 2. The molecule has 0 saturated carbocycles. The van der Waals surface area contributed by atoms with Gasteiger partial charge in [-0.1, -0.05) is 6.58 Å². The van der Waals surface area contributed by atoms with E-state index >= 15 is 0 Å². The van der Waals surface area contributed by atoms with Crippen LogP contribution in [0.1, 0.15) is 22.4 Å². The van der Waals surface area contributed by atoms with Gasteiger partial charge in [0.15, 0.2) is 0 Å². The van der Waals surface area contributed by atoms with Gasteiger partial charge in [-0.2, -0.15) is 5.10 Å². The zero-order valence-corrected chi connectivity index (χ0v) is 11.5. The largest absolute Gasteiger partial charge is 0.399 e. The van der Waals surface area contributed by atoms with E-state index in [9.17, 15) is 0 Å². The highest BCUT2D eigenvalue weighted by atomic mass is 15.1. The summed E-state index contributed by atoms with van der Waals surface area (Å²) >= 11 is 0. The van der Waals surface area contributed by atoms with Crippen LogP contribution in [-0.2, 0) is 6.54 Å². The number of nitrogens with one attached hydrogen (secondary N) is 2. The lowest BCUT2D eigenvalue weighted by Gasteiger charge is -2.10. The molecule has 5 heteroatoms. The molecule has 5 nitrogen and oxygen atoms in total. The lowest BCUT2D eigenvalue weighted by molar-refractivity contribution is 0.867. The van der Waals surface area contributed by atoms with Crippen LogP contribution in [0.25, 0.3) is 12.2 Å². The van der Waals surface area contributed by atoms with E-state index in [0.29, 0.717) is 12.2 Å². The maximum Gasteiger partial charge on any atom is 0.0915 e. The Kier molecular flexibility index (Phi) is 4.10. The number of nitrogens with two attached hydrogens (primary N) is 2. The van der Waals surface area contributed by atoms with Crippen LogP contribution in [0.5, 0.6) is 0 Å². The second-order valence-corrected chi connectivity index (χ2v) is 4.54. The third-order valence-electron chi connectivity index (χ3n) is 3.15. The molecule has 0 bridgehead atoms. The maximum absolute atomic E-state index is 5.89. The number of hydrogen-bond acceptors (Lipinski definition) is 4. The van der Waals surface area contributed by atoms with Gasteiger partial charge in [-0.3, -0.25) is 5.10 Å². The first-order valence-corrected chi connectivity index (χ1v) is 6.32. The van der Waals surface area contributed by atoms with Gasteiger partial charge in [-0.25, -0.2) is 0 Å². The number of aromatic nitrogens is 2. The maximum atomic E-state index is 5.89. The summed E-state index contributed by atoms with van der Waals surface area (Å²) in [5, 5.41) is 10.1. The number of aromatic amines is 1. The molecule has 1 aromatic heterocycles. The number of nitrogens with zero attached hydrogens (tertiary/aromatic N) is 1. The Hall–Kier alpha value is -2.69. The van der Waals surface area contributed by atoms with Crippen molar-refractivity contribution in [3.05, 3.63) is 53.5 Å². The van der Waals surface area contributed by atoms with Gasteiger partial charge in [-0.15, -0.1) is 0 Å². The smallest absolute Gasteiger partial charge is 0.0915 e. The molecule has 0 fully saturated rings. The highest BCUT2D eigenvalue weighted by molar-refractivity contribution is 5.61. The highest BCUT2D eigenvalue weighted by Gasteiger charge is 2.02. The van der Waals surface area contributed by atoms with E-state index in [1.807, 2.05) is 31.5 Å². The van der Waals surface area contributed by atoms with E-state index in [0.717, 1.165) is 28.1 Å². The Morgan fingerprint density at radius 1 is 1.40 bits per heavy atom. The first-order valence-electron chi connectivity index (χ1n) is 6.32. The van der Waals surface area contributed by atoms with Gasteiger partial charge in [0.1, 0.15) is 0 Å². The summed E-state index contributed by atoms with van der Waals surface area (Å²) in [5.41, 5.74) is 17.0. The summed E-state index contributed by atoms with van der Waals surface area (Å²) in [6.45, 7) is 6.36. The minimum atomic E-state index is 0.666. The van der Waals surface area contributed by atoms with Gasteiger partial charge in [-0.05, 0) is 48.5 Å². The average Bonchev–Trinajstić information content (AvgIpc) is 2.87. The van der Waals surface area contributed by atoms with Crippen LogP contribution in [0.3, 0.4) is 0 Å². The summed E-state index contributed by atoms with van der Waals surface area (Å²) < 4.78 is 0. The number of hydrogen-bond donors (Lipinski definition) is 4. The number of nitrogen functional groups attached to an aromatic ring is 2. The van der Waals surface area contributed by atoms with Crippen molar-refractivity contribution in [2.75, 3.05) is 11.5 Å². The Bertz CT molecular complexity index is 640. The van der Waals surface area contributed by atoms with Crippen LogP contribution in [0.4, 0.5) is 11.4 Å². The Labute approximate surface area is 118 Å². The van der Waals surface area contributed by atoms with Crippen molar-refractivity contribution < 1.29 is 0 Å². The molecule has 0 aliphatic heterocycles. The molecular formula is C15H19N5. The van der Waals surface area contributed by atoms with Crippen molar-refractivity contribution in [3.63, 3.8) is 0 Å². The van der Waals surface area contributed by atoms with Crippen LogP contribution in [0.2, 0.25) is 0 Å². The molecule has 20 heavy (non-hydrogen) atoms. The molecule has 1 aromatic carbocycles. The molecule has 0 spiro atoms. The standard InChI is InChI=1S/C15H19N5/c1-3-15-11(9-19-20-15)4-5-18-8-12-6-13(16)7-14(17)10(12)2/h3-7,9,18H,1,8,16-17H2,2H3,(H,19,20)/b5-4+. The fourth-order valence-electron chi connectivity index (χ4n) is 1.93. The van der Waals surface area contributed by atoms with Gasteiger partial charge < -0.3 is 16.8 Å². The van der Waals surface area contributed by atoms with E-state index in [-0.39, 0.29) is 0 Å². The van der Waals surface area contributed by atoms with Crippen molar-refractivity contribution >= 4 is 23.5 Å². The van der Waals surface area contributed by atoms with Gasteiger partial charge >= 0.3 is 0 Å². The minimum Gasteiger partial charge on any atom is -0.399 e. The zero-order valence-electron chi connectivity index (χ0n) is 11.5. The molecule has 2 rings (SSSR count). The van der Waals surface area contributed by atoms with Gasteiger partial charge in [0.25, 0.3) is 0 Å². The molecule has 1 heterocycles. The van der Waals surface area contributed by atoms with E-state index in [4.69, 9.17) is 11.5 Å². The van der Waals surface area contributed by atoms with Crippen molar-refractivity contribution in [2.24, 2.45) is 0 Å². The summed E-state index contributed by atoms with van der Waals surface area (Å²) in [6.07, 6.45) is 7.33. The molecule has 0 unspecified atom stereocenters. The summed E-state index contributed by atoms with van der Waals surface area (Å²) in [4.78, 5) is 0. The van der Waals surface area contributed by atoms with Crippen LogP contribution >= 0.6 is 0 Å². The average molecular weight is 269 g/mol. The summed E-state index contributed by atoms with van der Waals surface area (Å²) in [5.74, 6) is 0. The molecule has 2 aromatic rings. The SMILES string of the molecule is C=Cc1n[nH]cc1/C=C/NCc1cc(N)cc(N)c1C. The molecule has 104 valence electrons. The topological polar surface area (TPSA) is 92.8 Å². The van der Waals surface area contributed by atoms with E-state index < -0.39 is 0 Å². The fraction of sp³-hybridized carbons (Fsp3) is 0.133. The molecular weight excluding hydrogens is 250 g/mol. The molecule has 0 atom stereocenters. The van der Waals surface area contributed by atoms with Gasteiger partial charge in [0.2, 0.25) is 0 Å². The molecule has 0 aliphatic carbocycles. The van der Waals surface area contributed by atoms with Crippen molar-refractivity contribution in [2.45, 2.75) is 13.5 Å². The van der Waals surface area contributed by atoms with Gasteiger partial charge in [0, 0.05) is 29.7 Å². The number of H-pyrrole nitrogens is 1. The van der Waals surface area contributed by atoms with Crippen LogP contribution in [0.15, 0.2) is 31.1 Å². The normalized spacial score (nSPS) is 10.8. The highest BCUT2D eigenvalue weighted by Crippen LogP contribution is 2.20. The summed E-state index contributed by atoms with van der Waals surface area (Å²) in [7, 11) is 0. The third kappa shape index (κ3) is 3.00. The molecule has 0 saturated heterocycles. The number of rotatable bonds is 5. The Morgan fingerprint density at radius 3 is 2.95 bits per heavy atom. The Balaban J connectivity index is 2.01. The van der Waals surface area contributed by atoms with Crippen molar-refractivity contribution in [1.82, 2.24) is 15.5 Å². The van der Waals surface area contributed by atoms with Crippen molar-refractivity contribution in [3.8, 4) is 0 Å². The molecule has 0 amide bonds. The minimum absolute atomic E-state index is 0.666. The second-order valence-electron chi connectivity index (χ2n) is 4.54. The first kappa shape index (κ1) is 13.7. The molecule has 0 aliphatic rings. The fourth-order valence-corrected chi connectivity index (χ4v) is 1.93. The van der Waals surface area contributed by atoms with E-state index in [2.05, 4.69) is 22.1 Å². The quantitative estimate of drug-likeness (QED) is 0.627. The molecule has 0 radical (unpaired) electrons. The first-order chi connectivity index (χ1) is 9.61. The molecule has 6 N–H and O–H groups in total. The van der Waals surface area contributed by atoms with Crippen LogP contribution < -0.4 is 16.8 Å². The predicted octanol–water partition coefficient (Wildman–Crippen LogP) is 2.29. The number of benzene rings is 1. The lowest BCUT2D eigenvalue weighted by Crippen LogP contribution is -2.08. The monoisotopic (exact) mass is 269 g/mol.